The molecule has 0 bridgehead atoms. The van der Waals surface area contributed by atoms with E-state index in [1.165, 1.54) is 24.0 Å². The number of unbranched alkanes of at least 4 members (excludes halogenated alkanes) is 1. The number of benzene rings is 1. The lowest BCUT2D eigenvalue weighted by molar-refractivity contribution is 0.130. The van der Waals surface area contributed by atoms with Crippen molar-refractivity contribution in [3.63, 3.8) is 0 Å². The van der Waals surface area contributed by atoms with Crippen LogP contribution in [-0.4, -0.2) is 37.2 Å². The van der Waals surface area contributed by atoms with Gasteiger partial charge >= 0.3 is 6.09 Å². The van der Waals surface area contributed by atoms with E-state index in [1.54, 1.807) is 4.90 Å². The highest BCUT2D eigenvalue weighted by atomic mass is 16.6. The van der Waals surface area contributed by atoms with E-state index in [4.69, 9.17) is 10.5 Å². The highest BCUT2D eigenvalue weighted by molar-refractivity contribution is 5.78. The zero-order valence-electron chi connectivity index (χ0n) is 18.0. The van der Waals surface area contributed by atoms with Gasteiger partial charge in [0.2, 0.25) is 0 Å². The van der Waals surface area contributed by atoms with Crippen LogP contribution in [0.4, 0.5) is 16.2 Å². The summed E-state index contributed by atoms with van der Waals surface area (Å²) in [5.41, 5.74) is 10.7. The minimum absolute atomic E-state index is 0.290. The van der Waals surface area contributed by atoms with Crippen LogP contribution in [0.5, 0.6) is 0 Å². The third-order valence-corrected chi connectivity index (χ3v) is 6.03. The number of allylic oxidation sites excluding steroid dienone is 1. The molecule has 1 fully saturated rings. The van der Waals surface area contributed by atoms with Crippen LogP contribution in [0.3, 0.4) is 0 Å². The Morgan fingerprint density at radius 3 is 2.69 bits per heavy atom. The van der Waals surface area contributed by atoms with Crippen molar-refractivity contribution in [2.24, 2.45) is 5.92 Å². The van der Waals surface area contributed by atoms with Gasteiger partial charge in [-0.25, -0.2) is 4.79 Å². The summed E-state index contributed by atoms with van der Waals surface area (Å²) >= 11 is 0. The standard InChI is InChI=1S/C24H35N3O2/c1-4-5-6-19(3)29-24(28)27-15-11-20(12-16-27)21-7-8-22(25)23(17-21)26-13-9-18(2)10-14-26/h7-8,11,17-18H,3-6,9-10,12-16,25H2,1-2H3. The molecule has 1 saturated heterocycles. The molecule has 2 heterocycles. The third-order valence-electron chi connectivity index (χ3n) is 6.03. The molecule has 29 heavy (non-hydrogen) atoms. The first-order chi connectivity index (χ1) is 14.0. The van der Waals surface area contributed by atoms with E-state index in [0.29, 0.717) is 18.8 Å². The summed E-state index contributed by atoms with van der Waals surface area (Å²) in [6, 6.07) is 6.33. The van der Waals surface area contributed by atoms with E-state index >= 15 is 0 Å². The summed E-state index contributed by atoms with van der Waals surface area (Å²) in [6.45, 7) is 11.6. The van der Waals surface area contributed by atoms with Gasteiger partial charge in [-0.3, -0.25) is 0 Å². The lowest BCUT2D eigenvalue weighted by atomic mass is 9.96. The third kappa shape index (κ3) is 5.55. The molecule has 0 aromatic heterocycles. The maximum Gasteiger partial charge on any atom is 0.415 e. The Kier molecular flexibility index (Phi) is 7.24. The summed E-state index contributed by atoms with van der Waals surface area (Å²) in [5, 5.41) is 0. The van der Waals surface area contributed by atoms with Crippen molar-refractivity contribution in [1.82, 2.24) is 4.90 Å². The molecule has 1 aromatic carbocycles. The number of nitrogens with two attached hydrogens (primary N) is 1. The Morgan fingerprint density at radius 2 is 2.03 bits per heavy atom. The fourth-order valence-corrected chi connectivity index (χ4v) is 3.98. The number of carbonyl (C=O) groups is 1. The highest BCUT2D eigenvalue weighted by Gasteiger charge is 2.22. The van der Waals surface area contributed by atoms with Gasteiger partial charge in [-0.1, -0.05) is 39.0 Å². The van der Waals surface area contributed by atoms with E-state index < -0.39 is 0 Å². The minimum Gasteiger partial charge on any atom is -0.415 e. The Labute approximate surface area is 175 Å². The average molecular weight is 398 g/mol. The molecule has 0 saturated carbocycles. The molecule has 158 valence electrons. The van der Waals surface area contributed by atoms with E-state index in [1.807, 2.05) is 6.07 Å². The van der Waals surface area contributed by atoms with Crippen molar-refractivity contribution in [3.05, 3.63) is 42.2 Å². The molecule has 1 aromatic rings. The summed E-state index contributed by atoms with van der Waals surface area (Å²) in [7, 11) is 0. The lowest BCUT2D eigenvalue weighted by Crippen LogP contribution is -2.35. The number of nitrogen functional groups attached to an aromatic ring is 1. The molecule has 0 atom stereocenters. The topological polar surface area (TPSA) is 58.8 Å². The van der Waals surface area contributed by atoms with Gasteiger partial charge in [-0.2, -0.15) is 0 Å². The van der Waals surface area contributed by atoms with Crippen LogP contribution in [0.25, 0.3) is 5.57 Å². The van der Waals surface area contributed by atoms with E-state index in [9.17, 15) is 4.79 Å². The predicted octanol–water partition coefficient (Wildman–Crippen LogP) is 5.43. The van der Waals surface area contributed by atoms with Gasteiger partial charge in [0.15, 0.2) is 0 Å². The van der Waals surface area contributed by atoms with Gasteiger partial charge in [0, 0.05) is 32.6 Å². The Balaban J connectivity index is 1.63. The van der Waals surface area contributed by atoms with E-state index in [0.717, 1.165) is 56.1 Å². The number of hydrogen-bond acceptors (Lipinski definition) is 4. The van der Waals surface area contributed by atoms with Gasteiger partial charge in [-0.15, -0.1) is 0 Å². The van der Waals surface area contributed by atoms with Crippen molar-refractivity contribution in [2.75, 3.05) is 36.8 Å². The first kappa shape index (κ1) is 21.3. The average Bonchev–Trinajstić information content (AvgIpc) is 2.73. The van der Waals surface area contributed by atoms with Crippen molar-refractivity contribution in [3.8, 4) is 0 Å². The number of nitrogens with zero attached hydrogens (tertiary/aromatic N) is 2. The van der Waals surface area contributed by atoms with Crippen LogP contribution in [-0.2, 0) is 4.74 Å². The van der Waals surface area contributed by atoms with E-state index in [-0.39, 0.29) is 6.09 Å². The van der Waals surface area contributed by atoms with Gasteiger partial charge in [0.25, 0.3) is 0 Å². The molecular weight excluding hydrogens is 362 g/mol. The number of piperidine rings is 1. The van der Waals surface area contributed by atoms with Gasteiger partial charge in [0.1, 0.15) is 5.76 Å². The Hall–Kier alpha value is -2.43. The quantitative estimate of drug-likeness (QED) is 0.513. The molecule has 0 aliphatic carbocycles. The second-order valence-electron chi connectivity index (χ2n) is 8.38. The Morgan fingerprint density at radius 1 is 1.28 bits per heavy atom. The van der Waals surface area contributed by atoms with Crippen molar-refractivity contribution < 1.29 is 9.53 Å². The highest BCUT2D eigenvalue weighted by Crippen LogP contribution is 2.32. The van der Waals surface area contributed by atoms with Crippen LogP contribution in [0.1, 0.15) is 57.9 Å². The smallest absolute Gasteiger partial charge is 0.415 e. The fraction of sp³-hybridized carbons (Fsp3) is 0.542. The molecule has 0 unspecified atom stereocenters. The van der Waals surface area contributed by atoms with Crippen LogP contribution < -0.4 is 10.6 Å². The molecule has 5 nitrogen and oxygen atoms in total. The number of anilines is 2. The number of carbonyl (C=O) groups excluding carboxylic acids is 1. The normalized spacial score (nSPS) is 17.8. The number of hydrogen-bond donors (Lipinski definition) is 1. The molecule has 5 heteroatoms. The number of ether oxygens (including phenoxy) is 1. The molecule has 0 spiro atoms. The minimum atomic E-state index is -0.290. The monoisotopic (exact) mass is 397 g/mol. The number of rotatable bonds is 6. The summed E-state index contributed by atoms with van der Waals surface area (Å²) < 4.78 is 5.40. The zero-order valence-corrected chi connectivity index (χ0v) is 18.0. The zero-order chi connectivity index (χ0) is 20.8. The molecule has 1 amide bonds. The molecular formula is C24H35N3O2. The van der Waals surface area contributed by atoms with Gasteiger partial charge < -0.3 is 20.3 Å². The van der Waals surface area contributed by atoms with Gasteiger partial charge in [0.05, 0.1) is 11.4 Å². The fourth-order valence-electron chi connectivity index (χ4n) is 3.98. The molecule has 2 aliphatic heterocycles. The lowest BCUT2D eigenvalue weighted by Gasteiger charge is -2.33. The summed E-state index contributed by atoms with van der Waals surface area (Å²) in [6.07, 6.45) is 7.88. The predicted molar refractivity (Wildman–Crippen MR) is 121 cm³/mol. The maximum absolute atomic E-state index is 12.3. The van der Waals surface area contributed by atoms with Crippen LogP contribution >= 0.6 is 0 Å². The first-order valence-corrected chi connectivity index (χ1v) is 11.0. The molecule has 3 rings (SSSR count). The van der Waals surface area contributed by atoms with Crippen molar-refractivity contribution >= 4 is 23.0 Å². The van der Waals surface area contributed by atoms with Crippen LogP contribution in [0.15, 0.2) is 36.6 Å². The second kappa shape index (κ2) is 9.86. The summed E-state index contributed by atoms with van der Waals surface area (Å²) in [4.78, 5) is 16.5. The largest absolute Gasteiger partial charge is 0.415 e. The second-order valence-corrected chi connectivity index (χ2v) is 8.38. The van der Waals surface area contributed by atoms with Crippen LogP contribution in [0, 0.1) is 5.92 Å². The van der Waals surface area contributed by atoms with E-state index in [2.05, 4.69) is 43.5 Å². The van der Waals surface area contributed by atoms with Gasteiger partial charge in [-0.05, 0) is 54.9 Å². The summed E-state index contributed by atoms with van der Waals surface area (Å²) in [5.74, 6) is 1.35. The van der Waals surface area contributed by atoms with Crippen molar-refractivity contribution in [2.45, 2.75) is 52.4 Å². The molecule has 0 radical (unpaired) electrons. The first-order valence-electron chi connectivity index (χ1n) is 11.0. The maximum atomic E-state index is 12.3. The molecule has 2 N–H and O–H groups in total. The van der Waals surface area contributed by atoms with Crippen LogP contribution in [0.2, 0.25) is 0 Å². The Bertz CT molecular complexity index is 763. The number of amides is 1. The molecule has 2 aliphatic rings. The SMILES string of the molecule is C=C(CCCC)OC(=O)N1CC=C(c2ccc(N)c(N3CCC(C)CC3)c2)CC1. The van der Waals surface area contributed by atoms with Crippen molar-refractivity contribution in [1.29, 1.82) is 0 Å².